The molecule has 1 N–H and O–H groups in total. The lowest BCUT2D eigenvalue weighted by atomic mass is 10.0. The van der Waals surface area contributed by atoms with Crippen LogP contribution in [0.1, 0.15) is 19.4 Å². The van der Waals surface area contributed by atoms with E-state index in [1.807, 2.05) is 6.07 Å². The minimum Gasteiger partial charge on any atom is -0.481 e. The van der Waals surface area contributed by atoms with Crippen molar-refractivity contribution in [3.63, 3.8) is 0 Å². The van der Waals surface area contributed by atoms with Crippen LogP contribution in [0.4, 0.5) is 0 Å². The van der Waals surface area contributed by atoms with Crippen LogP contribution >= 0.6 is 11.8 Å². The van der Waals surface area contributed by atoms with E-state index in [0.717, 1.165) is 35.8 Å². The number of carbonyl (C=O) groups is 1. The van der Waals surface area contributed by atoms with Gasteiger partial charge in [0.2, 0.25) is 0 Å². The lowest BCUT2D eigenvalue weighted by molar-refractivity contribution is -0.133. The first-order valence-electron chi connectivity index (χ1n) is 6.91. The minimum atomic E-state index is -0.839. The third-order valence-electron chi connectivity index (χ3n) is 3.84. The van der Waals surface area contributed by atoms with Gasteiger partial charge in [-0.1, -0.05) is 11.8 Å². The summed E-state index contributed by atoms with van der Waals surface area (Å²) < 4.78 is 7.61. The molecular formula is C14H17N3O3S. The Hall–Kier alpha value is -1.60. The molecule has 0 saturated carbocycles. The average Bonchev–Trinajstić information content (AvgIpc) is 3.11. The Morgan fingerprint density at radius 1 is 1.67 bits per heavy atom. The van der Waals surface area contributed by atoms with Crippen molar-refractivity contribution in [3.8, 4) is 0 Å². The highest BCUT2D eigenvalue weighted by Crippen LogP contribution is 2.33. The lowest BCUT2D eigenvalue weighted by Crippen LogP contribution is -2.18. The molecule has 2 unspecified atom stereocenters. The Labute approximate surface area is 126 Å². The molecule has 2 aromatic heterocycles. The van der Waals surface area contributed by atoms with Gasteiger partial charge >= 0.3 is 5.97 Å². The van der Waals surface area contributed by atoms with Crippen LogP contribution < -0.4 is 0 Å². The molecular weight excluding hydrogens is 290 g/mol. The summed E-state index contributed by atoms with van der Waals surface area (Å²) in [5.74, 6) is -0.404. The van der Waals surface area contributed by atoms with Crippen molar-refractivity contribution in [2.45, 2.75) is 24.5 Å². The number of rotatable bonds is 5. The Morgan fingerprint density at radius 2 is 2.52 bits per heavy atom. The number of thioether (sulfide) groups is 1. The number of fused-ring (bicyclic) bond motifs is 1. The lowest BCUT2D eigenvalue weighted by Gasteiger charge is -2.22. The van der Waals surface area contributed by atoms with E-state index in [2.05, 4.69) is 21.5 Å². The molecule has 7 heteroatoms. The van der Waals surface area contributed by atoms with E-state index in [4.69, 9.17) is 9.84 Å². The van der Waals surface area contributed by atoms with E-state index in [1.165, 1.54) is 11.8 Å². The monoisotopic (exact) mass is 307 g/mol. The van der Waals surface area contributed by atoms with Crippen molar-refractivity contribution >= 4 is 28.8 Å². The van der Waals surface area contributed by atoms with E-state index in [1.54, 1.807) is 12.4 Å². The van der Waals surface area contributed by atoms with Gasteiger partial charge in [-0.15, -0.1) is 0 Å². The maximum Gasteiger partial charge on any atom is 0.313 e. The SMILES string of the molecule is CC(C1CCOC1)n1c(SCC(=O)O)nc2cnccc21. The number of carboxylic acids is 1. The molecule has 112 valence electrons. The summed E-state index contributed by atoms with van der Waals surface area (Å²) >= 11 is 1.25. The summed E-state index contributed by atoms with van der Waals surface area (Å²) in [6.07, 6.45) is 4.48. The molecule has 0 spiro atoms. The molecule has 3 rings (SSSR count). The second-order valence-electron chi connectivity index (χ2n) is 5.18. The van der Waals surface area contributed by atoms with E-state index >= 15 is 0 Å². The topological polar surface area (TPSA) is 77.2 Å². The fourth-order valence-electron chi connectivity index (χ4n) is 2.69. The highest BCUT2D eigenvalue weighted by molar-refractivity contribution is 7.99. The maximum absolute atomic E-state index is 10.8. The molecule has 0 amide bonds. The Morgan fingerprint density at radius 3 is 3.24 bits per heavy atom. The van der Waals surface area contributed by atoms with Crippen LogP contribution in [0, 0.1) is 5.92 Å². The van der Waals surface area contributed by atoms with Crippen molar-refractivity contribution in [1.82, 2.24) is 14.5 Å². The molecule has 2 atom stereocenters. The molecule has 1 aliphatic heterocycles. The first kappa shape index (κ1) is 14.3. The van der Waals surface area contributed by atoms with Crippen LogP contribution in [0.2, 0.25) is 0 Å². The van der Waals surface area contributed by atoms with Gasteiger partial charge < -0.3 is 14.4 Å². The molecule has 0 aromatic carbocycles. The van der Waals surface area contributed by atoms with Gasteiger partial charge in [0.15, 0.2) is 5.16 Å². The number of nitrogens with zero attached hydrogens (tertiary/aromatic N) is 3. The quantitative estimate of drug-likeness (QED) is 0.853. The van der Waals surface area contributed by atoms with Gasteiger partial charge in [-0.05, 0) is 19.4 Å². The number of pyridine rings is 1. The molecule has 0 radical (unpaired) electrons. The molecule has 0 bridgehead atoms. The Balaban J connectivity index is 1.99. The summed E-state index contributed by atoms with van der Waals surface area (Å²) in [7, 11) is 0. The summed E-state index contributed by atoms with van der Waals surface area (Å²) in [5, 5.41) is 9.64. The van der Waals surface area contributed by atoms with Gasteiger partial charge in [0.25, 0.3) is 0 Å². The number of aromatic nitrogens is 3. The number of imidazole rings is 1. The van der Waals surface area contributed by atoms with Crippen LogP contribution in [0.15, 0.2) is 23.6 Å². The van der Waals surface area contributed by atoms with Crippen LogP contribution in [0.25, 0.3) is 11.0 Å². The fourth-order valence-corrected chi connectivity index (χ4v) is 3.51. The van der Waals surface area contributed by atoms with E-state index in [-0.39, 0.29) is 11.8 Å². The second kappa shape index (κ2) is 6.03. The number of hydrogen-bond donors (Lipinski definition) is 1. The van der Waals surface area contributed by atoms with Gasteiger partial charge in [0.1, 0.15) is 5.52 Å². The number of aliphatic carboxylic acids is 1. The molecule has 6 nitrogen and oxygen atoms in total. The van der Waals surface area contributed by atoms with Crippen molar-refractivity contribution < 1.29 is 14.6 Å². The summed E-state index contributed by atoms with van der Waals surface area (Å²) in [4.78, 5) is 19.5. The van der Waals surface area contributed by atoms with Gasteiger partial charge in [0, 0.05) is 24.8 Å². The highest BCUT2D eigenvalue weighted by atomic mass is 32.2. The minimum absolute atomic E-state index is 0.00460. The van der Waals surface area contributed by atoms with Crippen molar-refractivity contribution in [3.05, 3.63) is 18.5 Å². The molecule has 2 aromatic rings. The molecule has 3 heterocycles. The average molecular weight is 307 g/mol. The Bertz CT molecular complexity index is 652. The van der Waals surface area contributed by atoms with E-state index < -0.39 is 5.97 Å². The number of hydrogen-bond acceptors (Lipinski definition) is 5. The first-order chi connectivity index (χ1) is 10.2. The standard InChI is InChI=1S/C14H17N3O3S/c1-9(10-3-5-20-7-10)17-12-2-4-15-6-11(12)16-14(17)21-8-13(18)19/h2,4,6,9-10H,3,5,7-8H2,1H3,(H,18,19). The van der Waals surface area contributed by atoms with Gasteiger partial charge in [-0.2, -0.15) is 0 Å². The fraction of sp³-hybridized carbons (Fsp3) is 0.500. The third kappa shape index (κ3) is 2.89. The summed E-state index contributed by atoms with van der Waals surface area (Å²) in [6, 6.07) is 2.15. The van der Waals surface area contributed by atoms with Gasteiger partial charge in [-0.25, -0.2) is 4.98 Å². The van der Waals surface area contributed by atoms with Crippen molar-refractivity contribution in [1.29, 1.82) is 0 Å². The van der Waals surface area contributed by atoms with Crippen LogP contribution in [-0.4, -0.2) is 44.6 Å². The van der Waals surface area contributed by atoms with Gasteiger partial charge in [0.05, 0.1) is 24.1 Å². The predicted octanol–water partition coefficient (Wildman–Crippen LogP) is 2.21. The third-order valence-corrected chi connectivity index (χ3v) is 4.78. The number of carboxylic acid groups (broad SMARTS) is 1. The van der Waals surface area contributed by atoms with Crippen LogP contribution in [0.5, 0.6) is 0 Å². The second-order valence-corrected chi connectivity index (χ2v) is 6.12. The number of ether oxygens (including phenoxy) is 1. The molecule has 1 fully saturated rings. The zero-order valence-corrected chi connectivity index (χ0v) is 12.5. The van der Waals surface area contributed by atoms with Gasteiger partial charge in [-0.3, -0.25) is 9.78 Å². The van der Waals surface area contributed by atoms with E-state index in [0.29, 0.717) is 5.92 Å². The molecule has 1 saturated heterocycles. The van der Waals surface area contributed by atoms with Crippen LogP contribution in [-0.2, 0) is 9.53 Å². The summed E-state index contributed by atoms with van der Waals surface area (Å²) in [6.45, 7) is 3.68. The smallest absolute Gasteiger partial charge is 0.313 e. The van der Waals surface area contributed by atoms with E-state index in [9.17, 15) is 4.79 Å². The Kier molecular flexibility index (Phi) is 4.12. The molecule has 21 heavy (non-hydrogen) atoms. The zero-order chi connectivity index (χ0) is 14.8. The summed E-state index contributed by atoms with van der Waals surface area (Å²) in [5.41, 5.74) is 1.80. The molecule has 0 aliphatic carbocycles. The van der Waals surface area contributed by atoms with Crippen molar-refractivity contribution in [2.24, 2.45) is 5.92 Å². The largest absolute Gasteiger partial charge is 0.481 e. The van der Waals surface area contributed by atoms with Crippen molar-refractivity contribution in [2.75, 3.05) is 19.0 Å². The molecule has 1 aliphatic rings. The van der Waals surface area contributed by atoms with Crippen LogP contribution in [0.3, 0.4) is 0 Å². The predicted molar refractivity (Wildman–Crippen MR) is 79.5 cm³/mol. The highest BCUT2D eigenvalue weighted by Gasteiger charge is 2.27. The first-order valence-corrected chi connectivity index (χ1v) is 7.89. The maximum atomic E-state index is 10.8. The zero-order valence-electron chi connectivity index (χ0n) is 11.7. The normalized spacial score (nSPS) is 20.0.